The molecule has 0 saturated carbocycles. The predicted molar refractivity (Wildman–Crippen MR) is 76.9 cm³/mol. The first-order valence-corrected chi connectivity index (χ1v) is 7.00. The lowest BCUT2D eigenvalue weighted by molar-refractivity contribution is 0.0477. The first kappa shape index (κ1) is 13.6. The van der Waals surface area contributed by atoms with Gasteiger partial charge in [0.05, 0.1) is 5.54 Å². The first-order valence-electron chi connectivity index (χ1n) is 6.21. The summed E-state index contributed by atoms with van der Waals surface area (Å²) in [4.78, 5) is 14.5. The SMILES string of the molecule is Cc1ccc(C(=O)N2CCNCC2(C)C)cc1Br. The highest BCUT2D eigenvalue weighted by molar-refractivity contribution is 9.10. The molecule has 98 valence electrons. The van der Waals surface area contributed by atoms with Gasteiger partial charge < -0.3 is 10.2 Å². The van der Waals surface area contributed by atoms with E-state index in [9.17, 15) is 4.79 Å². The summed E-state index contributed by atoms with van der Waals surface area (Å²) in [5.74, 6) is 0.113. The van der Waals surface area contributed by atoms with Crippen molar-refractivity contribution in [2.24, 2.45) is 0 Å². The van der Waals surface area contributed by atoms with Gasteiger partial charge >= 0.3 is 0 Å². The Labute approximate surface area is 117 Å². The molecule has 18 heavy (non-hydrogen) atoms. The smallest absolute Gasteiger partial charge is 0.254 e. The van der Waals surface area contributed by atoms with Crippen molar-refractivity contribution in [2.45, 2.75) is 26.3 Å². The number of piperazine rings is 1. The summed E-state index contributed by atoms with van der Waals surface area (Å²) in [7, 11) is 0. The van der Waals surface area contributed by atoms with Crippen LogP contribution in [0.15, 0.2) is 22.7 Å². The number of carbonyl (C=O) groups is 1. The Morgan fingerprint density at radius 2 is 2.17 bits per heavy atom. The minimum Gasteiger partial charge on any atom is -0.331 e. The van der Waals surface area contributed by atoms with Gasteiger partial charge in [0.1, 0.15) is 0 Å². The van der Waals surface area contributed by atoms with Gasteiger partial charge in [0.2, 0.25) is 0 Å². The molecule has 1 fully saturated rings. The first-order chi connectivity index (χ1) is 8.42. The van der Waals surface area contributed by atoms with E-state index in [0.717, 1.165) is 35.2 Å². The Kier molecular flexibility index (Phi) is 3.78. The van der Waals surface area contributed by atoms with Gasteiger partial charge in [-0.1, -0.05) is 22.0 Å². The van der Waals surface area contributed by atoms with E-state index in [-0.39, 0.29) is 11.4 Å². The van der Waals surface area contributed by atoms with Crippen LogP contribution in [0.25, 0.3) is 0 Å². The number of hydrogen-bond donors (Lipinski definition) is 1. The maximum Gasteiger partial charge on any atom is 0.254 e. The Morgan fingerprint density at radius 3 is 2.78 bits per heavy atom. The quantitative estimate of drug-likeness (QED) is 0.864. The summed E-state index contributed by atoms with van der Waals surface area (Å²) in [6.07, 6.45) is 0. The van der Waals surface area contributed by atoms with Crippen molar-refractivity contribution in [3.63, 3.8) is 0 Å². The van der Waals surface area contributed by atoms with E-state index in [4.69, 9.17) is 0 Å². The summed E-state index contributed by atoms with van der Waals surface area (Å²) in [6.45, 7) is 8.68. The van der Waals surface area contributed by atoms with Crippen molar-refractivity contribution in [3.05, 3.63) is 33.8 Å². The fourth-order valence-corrected chi connectivity index (χ4v) is 2.62. The molecule has 1 amide bonds. The molecule has 0 aromatic heterocycles. The molecule has 0 bridgehead atoms. The molecule has 1 aromatic rings. The third-order valence-corrected chi connectivity index (χ3v) is 4.32. The van der Waals surface area contributed by atoms with Crippen molar-refractivity contribution < 1.29 is 4.79 Å². The fourth-order valence-electron chi connectivity index (χ4n) is 2.24. The van der Waals surface area contributed by atoms with Crippen LogP contribution in [-0.4, -0.2) is 36.0 Å². The molecular formula is C14H19BrN2O. The second-order valence-corrected chi connectivity index (χ2v) is 6.26. The minimum absolute atomic E-state index is 0.113. The number of amides is 1. The number of aryl methyl sites for hydroxylation is 1. The Bertz CT molecular complexity index is 471. The molecule has 1 heterocycles. The second kappa shape index (κ2) is 5.02. The van der Waals surface area contributed by atoms with Gasteiger partial charge in [0.25, 0.3) is 5.91 Å². The predicted octanol–water partition coefficient (Wildman–Crippen LogP) is 2.58. The summed E-state index contributed by atoms with van der Waals surface area (Å²) >= 11 is 3.48. The Morgan fingerprint density at radius 1 is 1.44 bits per heavy atom. The Balaban J connectivity index is 2.27. The maximum absolute atomic E-state index is 12.6. The van der Waals surface area contributed by atoms with Crippen molar-refractivity contribution in [2.75, 3.05) is 19.6 Å². The van der Waals surface area contributed by atoms with Crippen LogP contribution in [0.1, 0.15) is 29.8 Å². The Hall–Kier alpha value is -0.870. The number of halogens is 1. The molecule has 0 radical (unpaired) electrons. The standard InChI is InChI=1S/C14H19BrN2O/c1-10-4-5-11(8-12(10)15)13(18)17-7-6-16-9-14(17,2)3/h4-5,8,16H,6-7,9H2,1-3H3. The van der Waals surface area contributed by atoms with Gasteiger partial charge in [-0.25, -0.2) is 0 Å². The second-order valence-electron chi connectivity index (χ2n) is 5.41. The molecule has 2 rings (SSSR count). The molecule has 1 aliphatic rings. The number of hydrogen-bond acceptors (Lipinski definition) is 2. The van der Waals surface area contributed by atoms with Gasteiger partial charge in [-0.05, 0) is 38.5 Å². The third kappa shape index (κ3) is 2.59. The van der Waals surface area contributed by atoms with E-state index in [1.807, 2.05) is 30.0 Å². The lowest BCUT2D eigenvalue weighted by Gasteiger charge is -2.42. The normalized spacial score (nSPS) is 18.8. The van der Waals surface area contributed by atoms with Crippen molar-refractivity contribution >= 4 is 21.8 Å². The van der Waals surface area contributed by atoms with Gasteiger partial charge in [0, 0.05) is 29.7 Å². The van der Waals surface area contributed by atoms with Crippen LogP contribution in [0.5, 0.6) is 0 Å². The number of nitrogens with one attached hydrogen (secondary N) is 1. The zero-order valence-corrected chi connectivity index (χ0v) is 12.7. The molecule has 1 N–H and O–H groups in total. The summed E-state index contributed by atoms with van der Waals surface area (Å²) in [5, 5.41) is 3.33. The number of benzene rings is 1. The van der Waals surface area contributed by atoms with E-state index in [1.165, 1.54) is 0 Å². The average Bonchev–Trinajstić information content (AvgIpc) is 2.31. The highest BCUT2D eigenvalue weighted by atomic mass is 79.9. The lowest BCUT2D eigenvalue weighted by atomic mass is 9.98. The molecule has 4 heteroatoms. The van der Waals surface area contributed by atoms with Crippen LogP contribution in [0.4, 0.5) is 0 Å². The van der Waals surface area contributed by atoms with Crippen molar-refractivity contribution in [1.82, 2.24) is 10.2 Å². The van der Waals surface area contributed by atoms with E-state index in [0.29, 0.717) is 0 Å². The maximum atomic E-state index is 12.6. The van der Waals surface area contributed by atoms with Crippen LogP contribution in [-0.2, 0) is 0 Å². The molecule has 0 atom stereocenters. The molecule has 1 aliphatic heterocycles. The lowest BCUT2D eigenvalue weighted by Crippen LogP contribution is -2.59. The van der Waals surface area contributed by atoms with Crippen LogP contribution in [0.3, 0.4) is 0 Å². The third-order valence-electron chi connectivity index (χ3n) is 3.46. The summed E-state index contributed by atoms with van der Waals surface area (Å²) in [6, 6.07) is 5.79. The molecule has 1 aromatic carbocycles. The van der Waals surface area contributed by atoms with Crippen LogP contribution >= 0.6 is 15.9 Å². The van der Waals surface area contributed by atoms with Crippen LogP contribution in [0.2, 0.25) is 0 Å². The van der Waals surface area contributed by atoms with Gasteiger partial charge in [-0.15, -0.1) is 0 Å². The zero-order valence-electron chi connectivity index (χ0n) is 11.1. The van der Waals surface area contributed by atoms with Crippen molar-refractivity contribution in [3.8, 4) is 0 Å². The molecule has 0 unspecified atom stereocenters. The zero-order chi connectivity index (χ0) is 13.3. The van der Waals surface area contributed by atoms with E-state index < -0.39 is 0 Å². The number of nitrogens with zero attached hydrogens (tertiary/aromatic N) is 1. The van der Waals surface area contributed by atoms with E-state index >= 15 is 0 Å². The topological polar surface area (TPSA) is 32.3 Å². The monoisotopic (exact) mass is 310 g/mol. The minimum atomic E-state index is -0.132. The van der Waals surface area contributed by atoms with Crippen LogP contribution in [0, 0.1) is 6.92 Å². The van der Waals surface area contributed by atoms with E-state index in [1.54, 1.807) is 0 Å². The van der Waals surface area contributed by atoms with Crippen LogP contribution < -0.4 is 5.32 Å². The molecule has 1 saturated heterocycles. The molecule has 0 aliphatic carbocycles. The van der Waals surface area contributed by atoms with Gasteiger partial charge in [-0.3, -0.25) is 4.79 Å². The van der Waals surface area contributed by atoms with E-state index in [2.05, 4.69) is 35.1 Å². The highest BCUT2D eigenvalue weighted by Crippen LogP contribution is 2.23. The number of carbonyl (C=O) groups excluding carboxylic acids is 1. The average molecular weight is 311 g/mol. The molecule has 3 nitrogen and oxygen atoms in total. The molecular weight excluding hydrogens is 292 g/mol. The van der Waals surface area contributed by atoms with Crippen molar-refractivity contribution in [1.29, 1.82) is 0 Å². The summed E-state index contributed by atoms with van der Waals surface area (Å²) in [5.41, 5.74) is 1.76. The highest BCUT2D eigenvalue weighted by Gasteiger charge is 2.33. The molecule has 0 spiro atoms. The number of rotatable bonds is 1. The summed E-state index contributed by atoms with van der Waals surface area (Å²) < 4.78 is 0.987. The fraction of sp³-hybridized carbons (Fsp3) is 0.500. The largest absolute Gasteiger partial charge is 0.331 e. The van der Waals surface area contributed by atoms with Gasteiger partial charge in [0.15, 0.2) is 0 Å². The van der Waals surface area contributed by atoms with Gasteiger partial charge in [-0.2, -0.15) is 0 Å².